The Bertz CT molecular complexity index is 135. The lowest BCUT2D eigenvalue weighted by molar-refractivity contribution is 0.112. The Labute approximate surface area is 77.7 Å². The SMILES string of the molecule is CCC1CCC(C)(C)CC1CC. The van der Waals surface area contributed by atoms with E-state index in [-0.39, 0.29) is 0 Å². The number of rotatable bonds is 2. The van der Waals surface area contributed by atoms with E-state index in [0.29, 0.717) is 5.41 Å². The Hall–Kier alpha value is 0. The quantitative estimate of drug-likeness (QED) is 0.578. The van der Waals surface area contributed by atoms with Crippen LogP contribution >= 0.6 is 0 Å². The van der Waals surface area contributed by atoms with Crippen molar-refractivity contribution in [1.29, 1.82) is 0 Å². The molecule has 2 unspecified atom stereocenters. The van der Waals surface area contributed by atoms with Gasteiger partial charge in [-0.25, -0.2) is 0 Å². The van der Waals surface area contributed by atoms with Gasteiger partial charge in [0.1, 0.15) is 0 Å². The molecule has 12 heavy (non-hydrogen) atoms. The second-order valence-electron chi connectivity index (χ2n) is 5.24. The third-order valence-electron chi connectivity index (χ3n) is 3.72. The van der Waals surface area contributed by atoms with Gasteiger partial charge >= 0.3 is 0 Å². The van der Waals surface area contributed by atoms with Gasteiger partial charge in [0.25, 0.3) is 0 Å². The van der Waals surface area contributed by atoms with Crippen LogP contribution in [-0.2, 0) is 0 Å². The Morgan fingerprint density at radius 1 is 1.08 bits per heavy atom. The van der Waals surface area contributed by atoms with E-state index in [0.717, 1.165) is 11.8 Å². The maximum Gasteiger partial charge on any atom is -0.0351 e. The monoisotopic (exact) mass is 168 g/mol. The predicted octanol–water partition coefficient (Wildman–Crippen LogP) is 4.25. The van der Waals surface area contributed by atoms with E-state index < -0.39 is 0 Å². The fourth-order valence-corrected chi connectivity index (χ4v) is 2.81. The van der Waals surface area contributed by atoms with Crippen molar-refractivity contribution in [3.8, 4) is 0 Å². The van der Waals surface area contributed by atoms with Gasteiger partial charge in [-0.2, -0.15) is 0 Å². The highest BCUT2D eigenvalue weighted by atomic mass is 14.4. The minimum atomic E-state index is 0.631. The van der Waals surface area contributed by atoms with Gasteiger partial charge < -0.3 is 0 Å². The Balaban J connectivity index is 2.53. The van der Waals surface area contributed by atoms with Gasteiger partial charge in [0.15, 0.2) is 0 Å². The van der Waals surface area contributed by atoms with Crippen LogP contribution in [0.4, 0.5) is 0 Å². The van der Waals surface area contributed by atoms with Crippen molar-refractivity contribution in [2.24, 2.45) is 17.3 Å². The first-order valence-corrected chi connectivity index (χ1v) is 5.59. The summed E-state index contributed by atoms with van der Waals surface area (Å²) in [6.07, 6.45) is 7.17. The Morgan fingerprint density at radius 3 is 2.17 bits per heavy atom. The van der Waals surface area contributed by atoms with Gasteiger partial charge in [-0.1, -0.05) is 40.5 Å². The standard InChI is InChI=1S/C12H24/c1-5-10-7-8-12(3,4)9-11(10)6-2/h10-11H,5-9H2,1-4H3. The van der Waals surface area contributed by atoms with Gasteiger partial charge in [-0.3, -0.25) is 0 Å². The van der Waals surface area contributed by atoms with Crippen LogP contribution in [-0.4, -0.2) is 0 Å². The van der Waals surface area contributed by atoms with Gasteiger partial charge in [-0.15, -0.1) is 0 Å². The molecule has 72 valence electrons. The van der Waals surface area contributed by atoms with Crippen molar-refractivity contribution >= 4 is 0 Å². The molecule has 1 aliphatic rings. The summed E-state index contributed by atoms with van der Waals surface area (Å²) >= 11 is 0. The molecule has 0 saturated heterocycles. The number of hydrogen-bond donors (Lipinski definition) is 0. The average Bonchev–Trinajstić information content (AvgIpc) is 2.03. The third kappa shape index (κ3) is 2.24. The van der Waals surface area contributed by atoms with Crippen molar-refractivity contribution in [2.45, 2.75) is 59.8 Å². The molecule has 0 aromatic rings. The minimum absolute atomic E-state index is 0.631. The van der Waals surface area contributed by atoms with Gasteiger partial charge in [0.05, 0.1) is 0 Å². The lowest BCUT2D eigenvalue weighted by Gasteiger charge is -2.40. The van der Waals surface area contributed by atoms with Crippen molar-refractivity contribution in [2.75, 3.05) is 0 Å². The van der Waals surface area contributed by atoms with Crippen molar-refractivity contribution in [3.63, 3.8) is 0 Å². The maximum atomic E-state index is 2.43. The van der Waals surface area contributed by atoms with E-state index in [9.17, 15) is 0 Å². The van der Waals surface area contributed by atoms with Crippen molar-refractivity contribution < 1.29 is 0 Å². The lowest BCUT2D eigenvalue weighted by atomic mass is 9.66. The predicted molar refractivity (Wildman–Crippen MR) is 55.2 cm³/mol. The highest BCUT2D eigenvalue weighted by molar-refractivity contribution is 4.83. The molecule has 2 atom stereocenters. The van der Waals surface area contributed by atoms with Crippen LogP contribution in [0.5, 0.6) is 0 Å². The molecule has 0 heteroatoms. The fraction of sp³-hybridized carbons (Fsp3) is 1.00. The van der Waals surface area contributed by atoms with Gasteiger partial charge in [0, 0.05) is 0 Å². The zero-order chi connectivity index (χ0) is 9.19. The van der Waals surface area contributed by atoms with E-state index in [2.05, 4.69) is 27.7 Å². The highest BCUT2D eigenvalue weighted by Gasteiger charge is 2.32. The van der Waals surface area contributed by atoms with Crippen LogP contribution in [0, 0.1) is 17.3 Å². The molecule has 1 rings (SSSR count). The van der Waals surface area contributed by atoms with E-state index >= 15 is 0 Å². The first-order valence-electron chi connectivity index (χ1n) is 5.59. The summed E-state index contributed by atoms with van der Waals surface area (Å²) in [5.74, 6) is 2.04. The first kappa shape index (κ1) is 10.1. The fourth-order valence-electron chi connectivity index (χ4n) is 2.81. The second kappa shape index (κ2) is 3.81. The smallest absolute Gasteiger partial charge is 0.0351 e. The molecule has 0 radical (unpaired) electrons. The molecule has 0 amide bonds. The molecule has 1 saturated carbocycles. The molecule has 0 bridgehead atoms. The molecule has 1 fully saturated rings. The largest absolute Gasteiger partial charge is 0.0651 e. The topological polar surface area (TPSA) is 0 Å². The van der Waals surface area contributed by atoms with Gasteiger partial charge in [-0.05, 0) is 36.5 Å². The zero-order valence-corrected chi connectivity index (χ0v) is 9.19. The minimum Gasteiger partial charge on any atom is -0.0651 e. The van der Waals surface area contributed by atoms with Crippen LogP contribution in [0.25, 0.3) is 0 Å². The molecular weight excluding hydrogens is 144 g/mol. The molecule has 1 aliphatic carbocycles. The summed E-state index contributed by atoms with van der Waals surface area (Å²) in [4.78, 5) is 0. The normalized spacial score (nSPS) is 35.0. The number of hydrogen-bond acceptors (Lipinski definition) is 0. The molecular formula is C12H24. The molecule has 0 nitrogen and oxygen atoms in total. The summed E-state index contributed by atoms with van der Waals surface area (Å²) in [5, 5.41) is 0. The summed E-state index contributed by atoms with van der Waals surface area (Å²) in [5.41, 5.74) is 0.631. The third-order valence-corrected chi connectivity index (χ3v) is 3.72. The lowest BCUT2D eigenvalue weighted by Crippen LogP contribution is -2.29. The average molecular weight is 168 g/mol. The van der Waals surface area contributed by atoms with E-state index in [1.54, 1.807) is 0 Å². The summed E-state index contributed by atoms with van der Waals surface area (Å²) in [6.45, 7) is 9.57. The molecule has 0 aromatic heterocycles. The second-order valence-corrected chi connectivity index (χ2v) is 5.24. The Morgan fingerprint density at radius 2 is 1.67 bits per heavy atom. The zero-order valence-electron chi connectivity index (χ0n) is 9.19. The molecule has 0 aromatic carbocycles. The summed E-state index contributed by atoms with van der Waals surface area (Å²) in [6, 6.07) is 0. The van der Waals surface area contributed by atoms with Crippen LogP contribution in [0.1, 0.15) is 59.8 Å². The van der Waals surface area contributed by atoms with E-state index in [4.69, 9.17) is 0 Å². The van der Waals surface area contributed by atoms with E-state index in [1.165, 1.54) is 32.1 Å². The summed E-state index contributed by atoms with van der Waals surface area (Å²) < 4.78 is 0. The highest BCUT2D eigenvalue weighted by Crippen LogP contribution is 2.44. The Kier molecular flexibility index (Phi) is 3.20. The van der Waals surface area contributed by atoms with E-state index in [1.807, 2.05) is 0 Å². The van der Waals surface area contributed by atoms with Crippen LogP contribution in [0.2, 0.25) is 0 Å². The first-order chi connectivity index (χ1) is 5.59. The van der Waals surface area contributed by atoms with Crippen molar-refractivity contribution in [3.05, 3.63) is 0 Å². The van der Waals surface area contributed by atoms with Crippen LogP contribution in [0.3, 0.4) is 0 Å². The molecule has 0 aliphatic heterocycles. The maximum absolute atomic E-state index is 2.43. The molecule has 0 N–H and O–H groups in total. The molecule has 0 spiro atoms. The summed E-state index contributed by atoms with van der Waals surface area (Å²) in [7, 11) is 0. The molecule has 0 heterocycles. The van der Waals surface area contributed by atoms with Crippen molar-refractivity contribution in [1.82, 2.24) is 0 Å². The van der Waals surface area contributed by atoms with Crippen LogP contribution < -0.4 is 0 Å². The van der Waals surface area contributed by atoms with Crippen LogP contribution in [0.15, 0.2) is 0 Å². The van der Waals surface area contributed by atoms with Gasteiger partial charge in [0.2, 0.25) is 0 Å².